The molecule has 4 heteroatoms. The average molecular weight is 281 g/mol. The van der Waals surface area contributed by atoms with E-state index in [4.69, 9.17) is 0 Å². The van der Waals surface area contributed by atoms with Gasteiger partial charge in [0.25, 0.3) is 0 Å². The number of Topliss-reactive ketones (excluding diaryl/α,β-unsaturated/α-hetero) is 1. The van der Waals surface area contributed by atoms with Gasteiger partial charge >= 0.3 is 0 Å². The van der Waals surface area contributed by atoms with Gasteiger partial charge in [0.05, 0.1) is 11.1 Å². The van der Waals surface area contributed by atoms with E-state index in [-0.39, 0.29) is 11.3 Å². The molecule has 1 aromatic carbocycles. The highest BCUT2D eigenvalue weighted by Gasteiger charge is 2.41. The molecule has 2 rings (SSSR count). The highest BCUT2D eigenvalue weighted by molar-refractivity contribution is 6.03. The van der Waals surface area contributed by atoms with E-state index in [0.29, 0.717) is 12.8 Å². The van der Waals surface area contributed by atoms with Gasteiger partial charge in [-0.25, -0.2) is 8.78 Å². The maximum Gasteiger partial charge on any atom is 0.186 e. The standard InChI is InChI=1S/C16H21F2NO/c1-19(2)16(9-5-3-4-6-10-16)15(20)13-11-12(17)7-8-14(13)18/h7-8,11H,3-6,9-10H2,1-2H3. The van der Waals surface area contributed by atoms with Gasteiger partial charge in [-0.05, 0) is 45.1 Å². The average Bonchev–Trinajstić information content (AvgIpc) is 2.67. The van der Waals surface area contributed by atoms with Crippen LogP contribution in [0.3, 0.4) is 0 Å². The van der Waals surface area contributed by atoms with Crippen LogP contribution >= 0.6 is 0 Å². The highest BCUT2D eigenvalue weighted by Crippen LogP contribution is 2.34. The second-order valence-corrected chi connectivity index (χ2v) is 5.79. The van der Waals surface area contributed by atoms with Crippen LogP contribution in [0.15, 0.2) is 18.2 Å². The Kier molecular flexibility index (Phi) is 4.53. The van der Waals surface area contributed by atoms with Crippen molar-refractivity contribution in [1.82, 2.24) is 4.90 Å². The number of rotatable bonds is 3. The Hall–Kier alpha value is -1.29. The molecule has 0 bridgehead atoms. The number of halogens is 2. The first-order valence-electron chi connectivity index (χ1n) is 7.15. The Bertz CT molecular complexity index is 491. The second kappa shape index (κ2) is 6.00. The molecule has 2 nitrogen and oxygen atoms in total. The van der Waals surface area contributed by atoms with E-state index in [9.17, 15) is 13.6 Å². The van der Waals surface area contributed by atoms with E-state index in [1.807, 2.05) is 19.0 Å². The topological polar surface area (TPSA) is 20.3 Å². The van der Waals surface area contributed by atoms with Gasteiger partial charge in [-0.2, -0.15) is 0 Å². The highest BCUT2D eigenvalue weighted by atomic mass is 19.1. The monoisotopic (exact) mass is 281 g/mol. The molecule has 0 spiro atoms. The fourth-order valence-corrected chi connectivity index (χ4v) is 3.11. The third-order valence-corrected chi connectivity index (χ3v) is 4.38. The summed E-state index contributed by atoms with van der Waals surface area (Å²) < 4.78 is 27.3. The van der Waals surface area contributed by atoms with E-state index >= 15 is 0 Å². The lowest BCUT2D eigenvalue weighted by atomic mass is 9.81. The first kappa shape index (κ1) is 15.1. The summed E-state index contributed by atoms with van der Waals surface area (Å²) >= 11 is 0. The number of nitrogens with zero attached hydrogens (tertiary/aromatic N) is 1. The van der Waals surface area contributed by atoms with Crippen LogP contribution in [0.4, 0.5) is 8.78 Å². The summed E-state index contributed by atoms with van der Waals surface area (Å²) in [7, 11) is 3.70. The molecule has 1 saturated carbocycles. The zero-order valence-electron chi connectivity index (χ0n) is 12.1. The predicted octanol–water partition coefficient (Wildman–Crippen LogP) is 3.80. The third-order valence-electron chi connectivity index (χ3n) is 4.38. The van der Waals surface area contributed by atoms with Crippen LogP contribution in [-0.4, -0.2) is 30.3 Å². The lowest BCUT2D eigenvalue weighted by molar-refractivity contribution is 0.0630. The zero-order chi connectivity index (χ0) is 14.8. The van der Waals surface area contributed by atoms with Crippen molar-refractivity contribution in [3.05, 3.63) is 35.4 Å². The Morgan fingerprint density at radius 3 is 2.25 bits per heavy atom. The minimum absolute atomic E-state index is 0.124. The Morgan fingerprint density at radius 1 is 1.10 bits per heavy atom. The summed E-state index contributed by atoms with van der Waals surface area (Å²) in [5.41, 5.74) is -0.828. The smallest absolute Gasteiger partial charge is 0.186 e. The van der Waals surface area contributed by atoms with Gasteiger partial charge in [-0.3, -0.25) is 9.69 Å². The number of hydrogen-bond donors (Lipinski definition) is 0. The summed E-state index contributed by atoms with van der Waals surface area (Å²) in [6, 6.07) is 3.10. The Labute approximate surface area is 118 Å². The van der Waals surface area contributed by atoms with Gasteiger partial charge in [0.15, 0.2) is 5.78 Å². The first-order valence-corrected chi connectivity index (χ1v) is 7.15. The van der Waals surface area contributed by atoms with Gasteiger partial charge in [0.2, 0.25) is 0 Å². The van der Waals surface area contributed by atoms with Crippen molar-refractivity contribution in [2.75, 3.05) is 14.1 Å². The lowest BCUT2D eigenvalue weighted by Gasteiger charge is -2.38. The molecule has 110 valence electrons. The van der Waals surface area contributed by atoms with Crippen molar-refractivity contribution < 1.29 is 13.6 Å². The molecule has 20 heavy (non-hydrogen) atoms. The minimum Gasteiger partial charge on any atom is -0.297 e. The van der Waals surface area contributed by atoms with Crippen LogP contribution in [0.1, 0.15) is 48.9 Å². The number of carbonyl (C=O) groups excluding carboxylic acids is 1. The van der Waals surface area contributed by atoms with E-state index < -0.39 is 17.2 Å². The molecular formula is C16H21F2NO. The van der Waals surface area contributed by atoms with Crippen molar-refractivity contribution in [3.8, 4) is 0 Å². The maximum absolute atomic E-state index is 13.9. The van der Waals surface area contributed by atoms with Crippen molar-refractivity contribution >= 4 is 5.78 Å². The largest absolute Gasteiger partial charge is 0.297 e. The SMILES string of the molecule is CN(C)C1(C(=O)c2cc(F)ccc2F)CCCCCC1. The number of carbonyl (C=O) groups is 1. The summed E-state index contributed by atoms with van der Waals surface area (Å²) in [5.74, 6) is -1.50. The minimum atomic E-state index is -0.703. The van der Waals surface area contributed by atoms with Crippen molar-refractivity contribution in [2.24, 2.45) is 0 Å². The fraction of sp³-hybridized carbons (Fsp3) is 0.562. The molecule has 0 atom stereocenters. The lowest BCUT2D eigenvalue weighted by Crippen LogP contribution is -2.51. The van der Waals surface area contributed by atoms with Crippen LogP contribution < -0.4 is 0 Å². The second-order valence-electron chi connectivity index (χ2n) is 5.79. The Morgan fingerprint density at radius 2 is 1.70 bits per heavy atom. The van der Waals surface area contributed by atoms with Crippen LogP contribution in [0, 0.1) is 11.6 Å². The molecule has 0 heterocycles. The van der Waals surface area contributed by atoms with Crippen LogP contribution in [0.2, 0.25) is 0 Å². The van der Waals surface area contributed by atoms with Gasteiger partial charge in [-0.1, -0.05) is 25.7 Å². The van der Waals surface area contributed by atoms with E-state index in [0.717, 1.165) is 43.9 Å². The summed E-state index contributed by atoms with van der Waals surface area (Å²) in [4.78, 5) is 14.7. The molecule has 1 aromatic rings. The number of benzene rings is 1. The molecule has 0 aliphatic heterocycles. The van der Waals surface area contributed by atoms with E-state index in [1.54, 1.807) is 0 Å². The molecule has 0 aromatic heterocycles. The number of ketones is 1. The number of hydrogen-bond acceptors (Lipinski definition) is 2. The van der Waals surface area contributed by atoms with Gasteiger partial charge < -0.3 is 0 Å². The third kappa shape index (κ3) is 2.75. The molecule has 0 unspecified atom stereocenters. The molecule has 0 radical (unpaired) electrons. The molecule has 1 aliphatic carbocycles. The quantitative estimate of drug-likeness (QED) is 0.620. The summed E-state index contributed by atoms with van der Waals surface area (Å²) in [6.07, 6.45) is 5.48. The van der Waals surface area contributed by atoms with Crippen LogP contribution in [0.5, 0.6) is 0 Å². The summed E-state index contributed by atoms with van der Waals surface area (Å²) in [6.45, 7) is 0. The van der Waals surface area contributed by atoms with Crippen LogP contribution in [-0.2, 0) is 0 Å². The molecule has 1 aliphatic rings. The van der Waals surface area contributed by atoms with Crippen LogP contribution in [0.25, 0.3) is 0 Å². The number of likely N-dealkylation sites (N-methyl/N-ethyl adjacent to an activating group) is 1. The molecule has 1 fully saturated rings. The normalized spacial score (nSPS) is 18.9. The molecule has 0 saturated heterocycles. The maximum atomic E-state index is 13.9. The Balaban J connectivity index is 2.43. The van der Waals surface area contributed by atoms with Gasteiger partial charge in [-0.15, -0.1) is 0 Å². The van der Waals surface area contributed by atoms with E-state index in [2.05, 4.69) is 0 Å². The molecule has 0 N–H and O–H groups in total. The summed E-state index contributed by atoms with van der Waals surface area (Å²) in [5, 5.41) is 0. The van der Waals surface area contributed by atoms with Crippen molar-refractivity contribution in [1.29, 1.82) is 0 Å². The van der Waals surface area contributed by atoms with Gasteiger partial charge in [0, 0.05) is 0 Å². The zero-order valence-corrected chi connectivity index (χ0v) is 12.1. The van der Waals surface area contributed by atoms with Crippen molar-refractivity contribution in [3.63, 3.8) is 0 Å². The molecule has 0 amide bonds. The predicted molar refractivity (Wildman–Crippen MR) is 74.8 cm³/mol. The van der Waals surface area contributed by atoms with E-state index in [1.165, 1.54) is 0 Å². The fourth-order valence-electron chi connectivity index (χ4n) is 3.11. The van der Waals surface area contributed by atoms with Gasteiger partial charge in [0.1, 0.15) is 11.6 Å². The van der Waals surface area contributed by atoms with Crippen molar-refractivity contribution in [2.45, 2.75) is 44.1 Å². The first-order chi connectivity index (χ1) is 9.47. The molecular weight excluding hydrogens is 260 g/mol.